The zero-order valence-corrected chi connectivity index (χ0v) is 14.5. The Hall–Kier alpha value is -2.41. The van der Waals surface area contributed by atoms with E-state index < -0.39 is 10.0 Å². The van der Waals surface area contributed by atoms with Crippen molar-refractivity contribution < 1.29 is 17.6 Å². The molecule has 128 valence electrons. The van der Waals surface area contributed by atoms with Crippen molar-refractivity contribution >= 4 is 21.6 Å². The maximum Gasteiger partial charge on any atom is 0.251 e. The van der Waals surface area contributed by atoms with Crippen LogP contribution in [0, 0.1) is 12.7 Å². The van der Waals surface area contributed by atoms with Gasteiger partial charge in [-0.1, -0.05) is 12.1 Å². The van der Waals surface area contributed by atoms with Gasteiger partial charge in [0.15, 0.2) is 0 Å². The molecule has 1 amide bonds. The van der Waals surface area contributed by atoms with Crippen molar-refractivity contribution in [3.8, 4) is 0 Å². The van der Waals surface area contributed by atoms with Crippen molar-refractivity contribution in [1.29, 1.82) is 0 Å². The van der Waals surface area contributed by atoms with Crippen molar-refractivity contribution in [2.45, 2.75) is 13.5 Å². The van der Waals surface area contributed by atoms with E-state index in [1.165, 1.54) is 23.5 Å². The van der Waals surface area contributed by atoms with E-state index in [4.69, 9.17) is 0 Å². The van der Waals surface area contributed by atoms with Gasteiger partial charge in [0.2, 0.25) is 10.0 Å². The number of nitrogens with one attached hydrogen (secondary N) is 1. The summed E-state index contributed by atoms with van der Waals surface area (Å²) in [7, 11) is -1.89. The van der Waals surface area contributed by atoms with Gasteiger partial charge in [0.1, 0.15) is 5.82 Å². The molecule has 0 fully saturated rings. The first kappa shape index (κ1) is 17.9. The van der Waals surface area contributed by atoms with Crippen LogP contribution < -0.4 is 9.62 Å². The molecule has 7 heteroatoms. The standard InChI is InChI=1S/C17H19FN2O3S/c1-12-10-14(6-9-16(12)20(2)24(3,22)23)17(21)19-11-13-4-7-15(18)8-5-13/h4-10H,11H2,1-3H3,(H,19,21). The lowest BCUT2D eigenvalue weighted by Gasteiger charge is -2.19. The molecule has 24 heavy (non-hydrogen) atoms. The van der Waals surface area contributed by atoms with Gasteiger partial charge in [-0.2, -0.15) is 0 Å². The number of sulfonamides is 1. The molecule has 0 bridgehead atoms. The Labute approximate surface area is 141 Å². The van der Waals surface area contributed by atoms with E-state index in [1.807, 2.05) is 0 Å². The first-order chi connectivity index (χ1) is 11.2. The first-order valence-corrected chi connectivity index (χ1v) is 9.10. The summed E-state index contributed by atoms with van der Waals surface area (Å²) in [6, 6.07) is 10.7. The Morgan fingerprint density at radius 1 is 1.17 bits per heavy atom. The normalized spacial score (nSPS) is 11.2. The summed E-state index contributed by atoms with van der Waals surface area (Å²) in [6.07, 6.45) is 1.12. The van der Waals surface area contributed by atoms with Gasteiger partial charge in [-0.25, -0.2) is 12.8 Å². The number of aryl methyl sites for hydroxylation is 1. The van der Waals surface area contributed by atoms with Crippen LogP contribution in [0.2, 0.25) is 0 Å². The molecule has 0 saturated carbocycles. The summed E-state index contributed by atoms with van der Waals surface area (Å²) in [4.78, 5) is 12.2. The average molecular weight is 350 g/mol. The number of hydrogen-bond donors (Lipinski definition) is 1. The van der Waals surface area contributed by atoms with E-state index in [-0.39, 0.29) is 18.3 Å². The second-order valence-electron chi connectivity index (χ2n) is 5.54. The molecular weight excluding hydrogens is 331 g/mol. The fourth-order valence-electron chi connectivity index (χ4n) is 2.22. The van der Waals surface area contributed by atoms with E-state index in [1.54, 1.807) is 37.3 Å². The molecule has 0 atom stereocenters. The van der Waals surface area contributed by atoms with Crippen LogP contribution in [0.4, 0.5) is 10.1 Å². The Kier molecular flexibility index (Phi) is 5.23. The van der Waals surface area contributed by atoms with E-state index in [0.29, 0.717) is 16.8 Å². The van der Waals surface area contributed by atoms with Gasteiger partial charge in [-0.3, -0.25) is 9.10 Å². The predicted molar refractivity (Wildman–Crippen MR) is 92.0 cm³/mol. The number of rotatable bonds is 5. The highest BCUT2D eigenvalue weighted by Gasteiger charge is 2.15. The van der Waals surface area contributed by atoms with E-state index in [2.05, 4.69) is 5.32 Å². The van der Waals surface area contributed by atoms with Crippen molar-refractivity contribution in [2.24, 2.45) is 0 Å². The van der Waals surface area contributed by atoms with Gasteiger partial charge in [0.05, 0.1) is 11.9 Å². The SMILES string of the molecule is Cc1cc(C(=O)NCc2ccc(F)cc2)ccc1N(C)S(C)(=O)=O. The third-order valence-electron chi connectivity index (χ3n) is 3.66. The maximum atomic E-state index is 12.8. The lowest BCUT2D eigenvalue weighted by Crippen LogP contribution is -2.26. The molecule has 0 saturated heterocycles. The van der Waals surface area contributed by atoms with Gasteiger partial charge >= 0.3 is 0 Å². The van der Waals surface area contributed by atoms with Crippen LogP contribution in [0.1, 0.15) is 21.5 Å². The number of carbonyl (C=O) groups is 1. The van der Waals surface area contributed by atoms with E-state index in [0.717, 1.165) is 11.8 Å². The Morgan fingerprint density at radius 3 is 2.33 bits per heavy atom. The number of anilines is 1. The summed E-state index contributed by atoms with van der Waals surface area (Å²) in [5.41, 5.74) is 2.42. The number of hydrogen-bond acceptors (Lipinski definition) is 3. The van der Waals surface area contributed by atoms with Crippen LogP contribution in [0.3, 0.4) is 0 Å². The number of carbonyl (C=O) groups excluding carboxylic acids is 1. The topological polar surface area (TPSA) is 66.5 Å². The van der Waals surface area contributed by atoms with Gasteiger partial charge in [0.25, 0.3) is 5.91 Å². The number of amides is 1. The van der Waals surface area contributed by atoms with Crippen molar-refractivity contribution in [1.82, 2.24) is 5.32 Å². The maximum absolute atomic E-state index is 12.8. The predicted octanol–water partition coefficient (Wildman–Crippen LogP) is 2.46. The van der Waals surface area contributed by atoms with E-state index in [9.17, 15) is 17.6 Å². The molecule has 0 aliphatic heterocycles. The number of halogens is 1. The largest absolute Gasteiger partial charge is 0.348 e. The lowest BCUT2D eigenvalue weighted by atomic mass is 10.1. The van der Waals surface area contributed by atoms with Gasteiger partial charge < -0.3 is 5.32 Å². The zero-order chi connectivity index (χ0) is 17.9. The highest BCUT2D eigenvalue weighted by atomic mass is 32.2. The minimum Gasteiger partial charge on any atom is -0.348 e. The summed E-state index contributed by atoms with van der Waals surface area (Å²) >= 11 is 0. The Balaban J connectivity index is 2.10. The number of nitrogens with zero attached hydrogens (tertiary/aromatic N) is 1. The van der Waals surface area contributed by atoms with Gasteiger partial charge in [0, 0.05) is 19.2 Å². The highest BCUT2D eigenvalue weighted by Crippen LogP contribution is 2.22. The van der Waals surface area contributed by atoms with Crippen LogP contribution >= 0.6 is 0 Å². The van der Waals surface area contributed by atoms with Crippen molar-refractivity contribution in [2.75, 3.05) is 17.6 Å². The molecule has 2 aromatic rings. The molecule has 0 unspecified atom stereocenters. The third-order valence-corrected chi connectivity index (χ3v) is 4.85. The minimum absolute atomic E-state index is 0.281. The van der Waals surface area contributed by atoms with Crippen LogP contribution in [0.5, 0.6) is 0 Å². The minimum atomic E-state index is -3.36. The smallest absolute Gasteiger partial charge is 0.251 e. The lowest BCUT2D eigenvalue weighted by molar-refractivity contribution is 0.0951. The quantitative estimate of drug-likeness (QED) is 0.901. The van der Waals surface area contributed by atoms with Crippen molar-refractivity contribution in [3.05, 3.63) is 65.0 Å². The van der Waals surface area contributed by atoms with Gasteiger partial charge in [-0.05, 0) is 48.4 Å². The number of benzene rings is 2. The molecule has 0 heterocycles. The molecule has 1 N–H and O–H groups in total. The van der Waals surface area contributed by atoms with E-state index >= 15 is 0 Å². The first-order valence-electron chi connectivity index (χ1n) is 7.25. The molecule has 5 nitrogen and oxygen atoms in total. The third kappa shape index (κ3) is 4.32. The van der Waals surface area contributed by atoms with Crippen LogP contribution in [0.25, 0.3) is 0 Å². The Morgan fingerprint density at radius 2 is 1.79 bits per heavy atom. The van der Waals surface area contributed by atoms with Crippen LogP contribution in [-0.4, -0.2) is 27.6 Å². The molecule has 2 rings (SSSR count). The summed E-state index contributed by atoms with van der Waals surface area (Å²) < 4.78 is 37.2. The fraction of sp³-hybridized carbons (Fsp3) is 0.235. The van der Waals surface area contributed by atoms with Crippen molar-refractivity contribution in [3.63, 3.8) is 0 Å². The average Bonchev–Trinajstić information content (AvgIpc) is 2.52. The molecule has 0 aliphatic carbocycles. The highest BCUT2D eigenvalue weighted by molar-refractivity contribution is 7.92. The molecule has 0 aromatic heterocycles. The molecule has 0 spiro atoms. The summed E-state index contributed by atoms with van der Waals surface area (Å²) in [6.45, 7) is 2.02. The Bertz CT molecular complexity index is 849. The second-order valence-corrected chi connectivity index (χ2v) is 7.55. The van der Waals surface area contributed by atoms with Gasteiger partial charge in [-0.15, -0.1) is 0 Å². The molecule has 0 aliphatic rings. The zero-order valence-electron chi connectivity index (χ0n) is 13.7. The molecule has 2 aromatic carbocycles. The molecular formula is C17H19FN2O3S. The summed E-state index contributed by atoms with van der Waals surface area (Å²) in [5, 5.41) is 2.75. The fourth-order valence-corrected chi connectivity index (χ4v) is 2.78. The van der Waals surface area contributed by atoms with Crippen LogP contribution in [-0.2, 0) is 16.6 Å². The second kappa shape index (κ2) is 7.00. The van der Waals surface area contributed by atoms with Crippen LogP contribution in [0.15, 0.2) is 42.5 Å². The molecule has 0 radical (unpaired) electrons. The monoisotopic (exact) mass is 350 g/mol. The summed E-state index contributed by atoms with van der Waals surface area (Å²) in [5.74, 6) is -0.609.